The Balaban J connectivity index is 1.94. The Morgan fingerprint density at radius 2 is 1.76 bits per heavy atom. The zero-order chi connectivity index (χ0) is 15.2. The van der Waals surface area contributed by atoms with Gasteiger partial charge in [0.05, 0.1) is 0 Å². The fourth-order valence-electron chi connectivity index (χ4n) is 1.82. The number of nitrogens with one attached hydrogen (secondary N) is 3. The van der Waals surface area contributed by atoms with Crippen LogP contribution in [0.4, 0.5) is 16.2 Å². The van der Waals surface area contributed by atoms with E-state index in [-0.39, 0.29) is 6.03 Å². The van der Waals surface area contributed by atoms with Crippen molar-refractivity contribution in [2.45, 2.75) is 13.5 Å². The summed E-state index contributed by atoms with van der Waals surface area (Å²) in [5.74, 6) is 0. The summed E-state index contributed by atoms with van der Waals surface area (Å²) in [7, 11) is 1.59. The smallest absolute Gasteiger partial charge is 0.318 e. The van der Waals surface area contributed by atoms with E-state index in [0.717, 1.165) is 22.4 Å². The van der Waals surface area contributed by atoms with Gasteiger partial charge in [0.2, 0.25) is 0 Å². The Kier molecular flexibility index (Phi) is 5.22. The van der Waals surface area contributed by atoms with Gasteiger partial charge in [0, 0.05) is 29.4 Å². The molecule has 110 valence electrons. The van der Waals surface area contributed by atoms with E-state index < -0.39 is 0 Å². The molecule has 0 bridgehead atoms. The van der Waals surface area contributed by atoms with Gasteiger partial charge in [-0.05, 0) is 48.4 Å². The number of hydrogen-bond acceptors (Lipinski definition) is 2. The van der Waals surface area contributed by atoms with Gasteiger partial charge in [-0.25, -0.2) is 4.79 Å². The summed E-state index contributed by atoms with van der Waals surface area (Å²) in [5.41, 5.74) is 4.20. The van der Waals surface area contributed by atoms with E-state index in [9.17, 15) is 4.79 Å². The molecule has 0 radical (unpaired) electrons. The van der Waals surface area contributed by atoms with Crippen LogP contribution >= 0.6 is 15.9 Å². The molecule has 0 heterocycles. The lowest BCUT2D eigenvalue weighted by Gasteiger charge is -2.09. The minimum atomic E-state index is -0.222. The van der Waals surface area contributed by atoms with Crippen molar-refractivity contribution in [3.05, 3.63) is 58.1 Å². The first-order valence-corrected chi connectivity index (χ1v) is 7.45. The minimum absolute atomic E-state index is 0.222. The van der Waals surface area contributed by atoms with Gasteiger partial charge in [0.1, 0.15) is 0 Å². The van der Waals surface area contributed by atoms with Gasteiger partial charge in [-0.1, -0.05) is 28.1 Å². The molecule has 5 heteroatoms. The highest BCUT2D eigenvalue weighted by Gasteiger charge is 2.00. The van der Waals surface area contributed by atoms with Crippen molar-refractivity contribution in [3.8, 4) is 0 Å². The van der Waals surface area contributed by atoms with Crippen LogP contribution in [0.25, 0.3) is 0 Å². The largest absolute Gasteiger partial charge is 0.381 e. The van der Waals surface area contributed by atoms with E-state index in [4.69, 9.17) is 0 Å². The number of anilines is 2. The van der Waals surface area contributed by atoms with Crippen LogP contribution in [0.3, 0.4) is 0 Å². The van der Waals surface area contributed by atoms with Crippen LogP contribution in [-0.2, 0) is 6.54 Å². The fourth-order valence-corrected chi connectivity index (χ4v) is 2.24. The lowest BCUT2D eigenvalue weighted by atomic mass is 10.1. The highest BCUT2D eigenvalue weighted by Crippen LogP contribution is 2.19. The second-order valence-corrected chi connectivity index (χ2v) is 5.57. The second-order valence-electron chi connectivity index (χ2n) is 4.72. The van der Waals surface area contributed by atoms with Crippen LogP contribution in [0, 0.1) is 6.92 Å². The number of amides is 2. The van der Waals surface area contributed by atoms with Crippen LogP contribution in [-0.4, -0.2) is 13.1 Å². The van der Waals surface area contributed by atoms with Gasteiger partial charge in [0.25, 0.3) is 0 Å². The predicted octanol–water partition coefficient (Wildman–Crippen LogP) is 4.12. The summed E-state index contributed by atoms with van der Waals surface area (Å²) in [6.07, 6.45) is 0. The summed E-state index contributed by atoms with van der Waals surface area (Å²) in [6.45, 7) is 2.82. The molecule has 21 heavy (non-hydrogen) atoms. The lowest BCUT2D eigenvalue weighted by molar-refractivity contribution is 0.254. The maximum Gasteiger partial charge on any atom is 0.318 e. The maximum atomic E-state index is 11.2. The number of carbonyl (C=O) groups is 1. The third kappa shape index (κ3) is 4.49. The molecule has 0 aliphatic carbocycles. The topological polar surface area (TPSA) is 53.2 Å². The summed E-state index contributed by atoms with van der Waals surface area (Å²) < 4.78 is 1.12. The van der Waals surface area contributed by atoms with E-state index in [2.05, 4.69) is 57.0 Å². The van der Waals surface area contributed by atoms with Crippen molar-refractivity contribution >= 4 is 33.3 Å². The average molecular weight is 348 g/mol. The molecule has 0 spiro atoms. The molecule has 2 amide bonds. The van der Waals surface area contributed by atoms with Crippen molar-refractivity contribution < 1.29 is 4.79 Å². The minimum Gasteiger partial charge on any atom is -0.381 e. The number of benzene rings is 2. The highest BCUT2D eigenvalue weighted by atomic mass is 79.9. The van der Waals surface area contributed by atoms with E-state index in [1.807, 2.05) is 24.3 Å². The van der Waals surface area contributed by atoms with Gasteiger partial charge in [-0.3, -0.25) is 0 Å². The molecular formula is C16H18BrN3O. The third-order valence-electron chi connectivity index (χ3n) is 3.10. The molecule has 2 rings (SSSR count). The van der Waals surface area contributed by atoms with Crippen LogP contribution in [0.1, 0.15) is 11.1 Å². The zero-order valence-corrected chi connectivity index (χ0v) is 13.6. The van der Waals surface area contributed by atoms with Crippen molar-refractivity contribution in [3.63, 3.8) is 0 Å². The van der Waals surface area contributed by atoms with Gasteiger partial charge in [-0.15, -0.1) is 0 Å². The van der Waals surface area contributed by atoms with Crippen LogP contribution < -0.4 is 16.0 Å². The lowest BCUT2D eigenvalue weighted by Crippen LogP contribution is -2.24. The van der Waals surface area contributed by atoms with Gasteiger partial charge in [-0.2, -0.15) is 0 Å². The summed E-state index contributed by atoms with van der Waals surface area (Å²) in [5, 5.41) is 8.59. The summed E-state index contributed by atoms with van der Waals surface area (Å²) in [6, 6.07) is 13.7. The number of hydrogen-bond donors (Lipinski definition) is 3. The standard InChI is InChI=1S/C16H18BrN3O/c1-11-3-4-12(9-15(11)17)10-19-13-5-7-14(8-6-13)20-16(21)18-2/h3-9,19H,10H2,1-2H3,(H2,18,20,21). The first-order valence-electron chi connectivity index (χ1n) is 6.66. The molecule has 2 aromatic rings. The van der Waals surface area contributed by atoms with Crippen LogP contribution in [0.2, 0.25) is 0 Å². The molecule has 0 aromatic heterocycles. The predicted molar refractivity (Wildman–Crippen MR) is 90.7 cm³/mol. The zero-order valence-electron chi connectivity index (χ0n) is 12.0. The van der Waals surface area contributed by atoms with E-state index in [1.165, 1.54) is 11.1 Å². The van der Waals surface area contributed by atoms with Crippen molar-refractivity contribution in [1.82, 2.24) is 5.32 Å². The number of carbonyl (C=O) groups excluding carboxylic acids is 1. The maximum absolute atomic E-state index is 11.2. The molecule has 3 N–H and O–H groups in total. The van der Waals surface area contributed by atoms with E-state index >= 15 is 0 Å². The molecular weight excluding hydrogens is 330 g/mol. The molecule has 0 atom stereocenters. The SMILES string of the molecule is CNC(=O)Nc1ccc(NCc2ccc(C)c(Br)c2)cc1. The molecule has 0 aliphatic heterocycles. The fraction of sp³-hybridized carbons (Fsp3) is 0.188. The molecule has 0 saturated carbocycles. The first-order chi connectivity index (χ1) is 10.1. The van der Waals surface area contributed by atoms with Crippen molar-refractivity contribution in [2.75, 3.05) is 17.7 Å². The quantitative estimate of drug-likeness (QED) is 0.779. The highest BCUT2D eigenvalue weighted by molar-refractivity contribution is 9.10. The molecule has 0 saturated heterocycles. The second kappa shape index (κ2) is 7.13. The van der Waals surface area contributed by atoms with Crippen LogP contribution in [0.5, 0.6) is 0 Å². The third-order valence-corrected chi connectivity index (χ3v) is 3.96. The number of aryl methyl sites for hydroxylation is 1. The normalized spacial score (nSPS) is 10.0. The Morgan fingerprint density at radius 3 is 2.38 bits per heavy atom. The Labute approximate surface area is 133 Å². The molecule has 2 aromatic carbocycles. The van der Waals surface area contributed by atoms with Gasteiger partial charge < -0.3 is 16.0 Å². The number of rotatable bonds is 4. The van der Waals surface area contributed by atoms with Crippen molar-refractivity contribution in [1.29, 1.82) is 0 Å². The molecule has 0 aliphatic rings. The molecule has 0 unspecified atom stereocenters. The molecule has 4 nitrogen and oxygen atoms in total. The Hall–Kier alpha value is -2.01. The first kappa shape index (κ1) is 15.4. The van der Waals surface area contributed by atoms with Gasteiger partial charge in [0.15, 0.2) is 0 Å². The Bertz CT molecular complexity index is 626. The monoisotopic (exact) mass is 347 g/mol. The Morgan fingerprint density at radius 1 is 1.10 bits per heavy atom. The molecule has 0 fully saturated rings. The van der Waals surface area contributed by atoms with Crippen molar-refractivity contribution in [2.24, 2.45) is 0 Å². The van der Waals surface area contributed by atoms with E-state index in [0.29, 0.717) is 0 Å². The average Bonchev–Trinajstić information content (AvgIpc) is 2.50. The van der Waals surface area contributed by atoms with E-state index in [1.54, 1.807) is 7.05 Å². The number of halogens is 1. The van der Waals surface area contributed by atoms with Gasteiger partial charge >= 0.3 is 6.03 Å². The van der Waals surface area contributed by atoms with Crippen LogP contribution in [0.15, 0.2) is 46.9 Å². The summed E-state index contributed by atoms with van der Waals surface area (Å²) in [4.78, 5) is 11.2. The number of urea groups is 1. The summed E-state index contributed by atoms with van der Waals surface area (Å²) >= 11 is 3.54.